The molecule has 156 valence electrons. The molecule has 0 aromatic heterocycles. The zero-order chi connectivity index (χ0) is 21.7. The van der Waals surface area contributed by atoms with E-state index in [4.69, 9.17) is 9.47 Å². The first-order chi connectivity index (χ1) is 14.5. The largest absolute Gasteiger partial charge is 0.506 e. The Balaban J connectivity index is 2.03. The molecule has 8 nitrogen and oxygen atoms in total. The first-order valence-electron chi connectivity index (χ1n) is 9.31. The number of allylic oxidation sites excluding steroid dienone is 1. The van der Waals surface area contributed by atoms with Gasteiger partial charge in [-0.2, -0.15) is 0 Å². The van der Waals surface area contributed by atoms with Crippen LogP contribution in [0.2, 0.25) is 0 Å². The monoisotopic (exact) mass is 410 g/mol. The van der Waals surface area contributed by atoms with Gasteiger partial charge in [0.05, 0.1) is 24.7 Å². The summed E-state index contributed by atoms with van der Waals surface area (Å²) in [4.78, 5) is 23.4. The van der Waals surface area contributed by atoms with Gasteiger partial charge < -0.3 is 19.9 Å². The number of phenols is 1. The molecule has 8 heteroatoms. The number of rotatable bonds is 7. The van der Waals surface area contributed by atoms with E-state index >= 15 is 0 Å². The van der Waals surface area contributed by atoms with Crippen LogP contribution in [0.15, 0.2) is 42.5 Å². The Morgan fingerprint density at radius 2 is 2.00 bits per heavy atom. The molecule has 2 N–H and O–H groups in total. The van der Waals surface area contributed by atoms with E-state index in [-0.39, 0.29) is 22.7 Å². The summed E-state index contributed by atoms with van der Waals surface area (Å²) in [5, 5.41) is 25.1. The Kier molecular flexibility index (Phi) is 6.48. The average Bonchev–Trinajstić information content (AvgIpc) is 2.77. The summed E-state index contributed by atoms with van der Waals surface area (Å²) in [6.07, 6.45) is 5.33. The fourth-order valence-corrected chi connectivity index (χ4v) is 3.34. The summed E-state index contributed by atoms with van der Waals surface area (Å²) < 4.78 is 10.7. The van der Waals surface area contributed by atoms with Crippen LogP contribution in [0.4, 0.5) is 5.69 Å². The maximum absolute atomic E-state index is 12.9. The Morgan fingerprint density at radius 3 is 2.63 bits per heavy atom. The summed E-state index contributed by atoms with van der Waals surface area (Å²) in [5.41, 5.74) is 1.77. The first-order valence-corrected chi connectivity index (χ1v) is 9.31. The molecule has 0 fully saturated rings. The van der Waals surface area contributed by atoms with Crippen LogP contribution >= 0.6 is 0 Å². The fraction of sp³-hybridized carbons (Fsp3) is 0.227. The number of aromatic hydroxyl groups is 1. The number of carbonyl (C=O) groups is 1. The maximum Gasteiger partial charge on any atom is 0.270 e. The van der Waals surface area contributed by atoms with Crippen LogP contribution in [0.25, 0.3) is 11.6 Å². The lowest BCUT2D eigenvalue weighted by Gasteiger charge is -2.20. The highest BCUT2D eigenvalue weighted by atomic mass is 16.6. The van der Waals surface area contributed by atoms with Gasteiger partial charge in [0.1, 0.15) is 22.8 Å². The van der Waals surface area contributed by atoms with Crippen LogP contribution in [0.1, 0.15) is 27.9 Å². The Labute approximate surface area is 173 Å². The third kappa shape index (κ3) is 4.33. The molecule has 0 saturated carbocycles. The number of nitro groups is 1. The molecule has 0 aliphatic carbocycles. The van der Waals surface area contributed by atoms with Crippen LogP contribution in [0.5, 0.6) is 17.2 Å². The molecule has 0 unspecified atom stereocenters. The second kappa shape index (κ2) is 9.23. The molecule has 2 aromatic carbocycles. The molecular weight excluding hydrogens is 388 g/mol. The summed E-state index contributed by atoms with van der Waals surface area (Å²) in [6, 6.07) is 7.49. The lowest BCUT2D eigenvalue weighted by Crippen LogP contribution is -2.20. The number of methoxy groups -OCH3 is 2. The van der Waals surface area contributed by atoms with Crippen LogP contribution in [-0.4, -0.2) is 43.1 Å². The summed E-state index contributed by atoms with van der Waals surface area (Å²) in [7, 11) is 2.89. The second-order valence-corrected chi connectivity index (χ2v) is 6.61. The van der Waals surface area contributed by atoms with Crippen LogP contribution in [0, 0.1) is 10.1 Å². The minimum absolute atomic E-state index is 0.00872. The predicted octanol–water partition coefficient (Wildman–Crippen LogP) is 3.59. The number of non-ortho nitro benzene ring substituents is 1. The van der Waals surface area contributed by atoms with Gasteiger partial charge in [-0.05, 0) is 30.2 Å². The molecule has 0 radical (unpaired) electrons. The topological polar surface area (TPSA) is 111 Å². The molecule has 0 saturated heterocycles. The average molecular weight is 410 g/mol. The maximum atomic E-state index is 12.9. The van der Waals surface area contributed by atoms with E-state index in [1.54, 1.807) is 12.1 Å². The highest BCUT2D eigenvalue weighted by Crippen LogP contribution is 2.43. The van der Waals surface area contributed by atoms with E-state index in [1.165, 1.54) is 44.6 Å². The van der Waals surface area contributed by atoms with Gasteiger partial charge in [-0.25, -0.2) is 0 Å². The number of nitro benzene ring substituents is 1. The van der Waals surface area contributed by atoms with Gasteiger partial charge in [0.25, 0.3) is 5.69 Å². The predicted molar refractivity (Wildman–Crippen MR) is 113 cm³/mol. The minimum Gasteiger partial charge on any atom is -0.506 e. The van der Waals surface area contributed by atoms with Crippen LogP contribution < -0.4 is 14.8 Å². The molecule has 1 aliphatic heterocycles. The number of benzene rings is 2. The number of hydrogen-bond donors (Lipinski definition) is 2. The lowest BCUT2D eigenvalue weighted by atomic mass is 9.93. The second-order valence-electron chi connectivity index (χ2n) is 6.61. The molecule has 0 spiro atoms. The van der Waals surface area contributed by atoms with E-state index in [0.29, 0.717) is 29.8 Å². The standard InChI is InChI=1S/C22H22N2O6/c1-29-18-13-19(30-2)21(22(26)20(18)15-8-10-23-11-9-15)17(25)7-6-14-4-3-5-16(12-14)24(27)28/h3-8,12-13,23,26H,9-11H2,1-2H3. The number of nitrogens with zero attached hydrogens (tertiary/aromatic N) is 1. The van der Waals surface area contributed by atoms with Crippen molar-refractivity contribution in [2.24, 2.45) is 0 Å². The van der Waals surface area contributed by atoms with Gasteiger partial charge in [-0.1, -0.05) is 24.3 Å². The van der Waals surface area contributed by atoms with E-state index in [1.807, 2.05) is 6.08 Å². The van der Waals surface area contributed by atoms with Gasteiger partial charge in [-0.3, -0.25) is 14.9 Å². The van der Waals surface area contributed by atoms with Crippen molar-refractivity contribution in [3.8, 4) is 17.2 Å². The lowest BCUT2D eigenvalue weighted by molar-refractivity contribution is -0.384. The van der Waals surface area contributed by atoms with Crippen molar-refractivity contribution < 1.29 is 24.3 Å². The van der Waals surface area contributed by atoms with Crippen molar-refractivity contribution in [3.05, 3.63) is 69.3 Å². The quantitative estimate of drug-likeness (QED) is 0.311. The van der Waals surface area contributed by atoms with Crippen molar-refractivity contribution in [3.63, 3.8) is 0 Å². The zero-order valence-electron chi connectivity index (χ0n) is 16.7. The number of nitrogens with one attached hydrogen (secondary N) is 1. The number of hydrogen-bond acceptors (Lipinski definition) is 7. The van der Waals surface area contributed by atoms with Gasteiger partial charge in [0.15, 0.2) is 5.78 Å². The van der Waals surface area contributed by atoms with Crippen LogP contribution in [0.3, 0.4) is 0 Å². The summed E-state index contributed by atoms with van der Waals surface area (Å²) >= 11 is 0. The molecule has 0 amide bonds. The summed E-state index contributed by atoms with van der Waals surface area (Å²) in [5.74, 6) is -0.115. The Bertz CT molecular complexity index is 1040. The number of carbonyl (C=O) groups excluding carboxylic acids is 1. The van der Waals surface area contributed by atoms with E-state index < -0.39 is 10.7 Å². The number of ketones is 1. The molecular formula is C22H22N2O6. The highest BCUT2D eigenvalue weighted by Gasteiger charge is 2.25. The van der Waals surface area contributed by atoms with Gasteiger partial charge in [-0.15, -0.1) is 0 Å². The number of phenolic OH excluding ortho intramolecular Hbond substituents is 1. The molecule has 1 heterocycles. The Hall–Kier alpha value is -3.65. The van der Waals surface area contributed by atoms with E-state index in [9.17, 15) is 20.0 Å². The molecule has 1 aliphatic rings. The van der Waals surface area contributed by atoms with E-state index in [2.05, 4.69) is 5.32 Å². The van der Waals surface area contributed by atoms with Crippen molar-refractivity contribution >= 4 is 23.1 Å². The number of ether oxygens (including phenoxy) is 2. The third-order valence-corrected chi connectivity index (χ3v) is 4.81. The van der Waals surface area contributed by atoms with Gasteiger partial charge in [0, 0.05) is 24.7 Å². The third-order valence-electron chi connectivity index (χ3n) is 4.81. The van der Waals surface area contributed by atoms with Gasteiger partial charge >= 0.3 is 0 Å². The van der Waals surface area contributed by atoms with Gasteiger partial charge in [0.2, 0.25) is 0 Å². The zero-order valence-corrected chi connectivity index (χ0v) is 16.7. The van der Waals surface area contributed by atoms with Crippen molar-refractivity contribution in [2.75, 3.05) is 27.3 Å². The van der Waals surface area contributed by atoms with Crippen LogP contribution in [-0.2, 0) is 0 Å². The SMILES string of the molecule is COc1cc(OC)c(C2=CCNCC2)c(O)c1C(=O)C=Cc1cccc([N+](=O)[O-])c1. The smallest absolute Gasteiger partial charge is 0.270 e. The molecule has 0 atom stereocenters. The van der Waals surface area contributed by atoms with E-state index in [0.717, 1.165) is 12.1 Å². The fourth-order valence-electron chi connectivity index (χ4n) is 3.34. The minimum atomic E-state index is -0.503. The van der Waals surface area contributed by atoms with Crippen molar-refractivity contribution in [1.82, 2.24) is 5.32 Å². The molecule has 30 heavy (non-hydrogen) atoms. The molecule has 3 rings (SSSR count). The first kappa shape index (κ1) is 21.1. The summed E-state index contributed by atoms with van der Waals surface area (Å²) in [6.45, 7) is 1.40. The molecule has 0 bridgehead atoms. The normalized spacial score (nSPS) is 13.7. The highest BCUT2D eigenvalue weighted by molar-refractivity contribution is 6.11. The Morgan fingerprint density at radius 1 is 1.23 bits per heavy atom. The van der Waals surface area contributed by atoms with Crippen molar-refractivity contribution in [2.45, 2.75) is 6.42 Å². The molecule has 2 aromatic rings. The van der Waals surface area contributed by atoms with Crippen molar-refractivity contribution in [1.29, 1.82) is 0 Å².